The maximum atomic E-state index is 13.0. The van der Waals surface area contributed by atoms with Gasteiger partial charge in [-0.15, -0.1) is 0 Å². The molecule has 2 heterocycles. The van der Waals surface area contributed by atoms with Crippen molar-refractivity contribution in [1.29, 1.82) is 0 Å². The lowest BCUT2D eigenvalue weighted by molar-refractivity contribution is -0.137. The zero-order valence-corrected chi connectivity index (χ0v) is 17.3. The number of carbonyl (C=O) groups excluding carboxylic acids is 2. The lowest BCUT2D eigenvalue weighted by Gasteiger charge is -2.35. The molecule has 0 saturated heterocycles. The van der Waals surface area contributed by atoms with Crippen LogP contribution in [-0.4, -0.2) is 52.9 Å². The molecule has 1 aliphatic heterocycles. The van der Waals surface area contributed by atoms with Gasteiger partial charge in [-0.2, -0.15) is 13.2 Å². The number of alkyl halides is 3. The van der Waals surface area contributed by atoms with Crippen molar-refractivity contribution < 1.29 is 22.8 Å². The molecule has 1 N–H and O–H groups in total. The highest BCUT2D eigenvalue weighted by molar-refractivity contribution is 6.31. The molecule has 1 aromatic carbocycles. The molecule has 1 aromatic heterocycles. The van der Waals surface area contributed by atoms with Crippen molar-refractivity contribution in [3.8, 4) is 0 Å². The molecule has 0 saturated carbocycles. The third-order valence-corrected chi connectivity index (χ3v) is 5.50. The summed E-state index contributed by atoms with van der Waals surface area (Å²) in [5, 5.41) is 1.93. The summed E-state index contributed by atoms with van der Waals surface area (Å²) < 4.78 is 41.0. The number of hydrogen-bond donors (Lipinski definition) is 1. The first kappa shape index (κ1) is 22.2. The van der Waals surface area contributed by atoms with E-state index in [-0.39, 0.29) is 30.7 Å². The molecule has 2 aromatic rings. The lowest BCUT2D eigenvalue weighted by Crippen LogP contribution is -2.45. The van der Waals surface area contributed by atoms with E-state index in [1.165, 1.54) is 18.0 Å². The van der Waals surface area contributed by atoms with Gasteiger partial charge >= 0.3 is 6.18 Å². The Kier molecular flexibility index (Phi) is 6.42. The van der Waals surface area contributed by atoms with E-state index in [1.807, 2.05) is 30.2 Å². The third-order valence-electron chi connectivity index (χ3n) is 5.17. The number of anilines is 1. The first-order chi connectivity index (χ1) is 14.1. The van der Waals surface area contributed by atoms with Crippen LogP contribution in [0.15, 0.2) is 36.5 Å². The number of fused-ring (bicyclic) bond motifs is 1. The second kappa shape index (κ2) is 8.69. The van der Waals surface area contributed by atoms with Crippen molar-refractivity contribution in [1.82, 2.24) is 14.4 Å². The normalized spacial score (nSPS) is 16.8. The molecule has 1 aliphatic rings. The van der Waals surface area contributed by atoms with Crippen molar-refractivity contribution in [3.05, 3.63) is 52.8 Å². The van der Waals surface area contributed by atoms with E-state index in [1.54, 1.807) is 0 Å². The number of hydrogen-bond acceptors (Lipinski definition) is 3. The Morgan fingerprint density at radius 3 is 2.70 bits per heavy atom. The van der Waals surface area contributed by atoms with Crippen LogP contribution in [0.3, 0.4) is 0 Å². The summed E-state index contributed by atoms with van der Waals surface area (Å²) in [5.41, 5.74) is 0.0517. The van der Waals surface area contributed by atoms with Crippen molar-refractivity contribution in [2.45, 2.75) is 25.7 Å². The molecule has 1 atom stereocenters. The number of rotatable bonds is 5. The first-order valence-electron chi connectivity index (χ1n) is 9.36. The average Bonchev–Trinajstić information content (AvgIpc) is 3.14. The van der Waals surface area contributed by atoms with Gasteiger partial charge in [-0.05, 0) is 37.3 Å². The SMILES string of the molecule is CC1c2cccn2CCN1CC(=O)N(C)CC(=O)Nc1ccc(Cl)c(C(F)(F)F)c1. The molecule has 3 rings (SSSR count). The Hall–Kier alpha value is -2.52. The number of aromatic nitrogens is 1. The van der Waals surface area contributed by atoms with Gasteiger partial charge in [0.05, 0.1) is 23.7 Å². The minimum Gasteiger partial charge on any atom is -0.349 e. The topological polar surface area (TPSA) is 57.6 Å². The Balaban J connectivity index is 1.56. The Morgan fingerprint density at radius 1 is 1.27 bits per heavy atom. The summed E-state index contributed by atoms with van der Waals surface area (Å²) in [6.45, 7) is 3.38. The van der Waals surface area contributed by atoms with Crippen LogP contribution in [0.4, 0.5) is 18.9 Å². The molecular formula is C20H22ClF3N4O2. The van der Waals surface area contributed by atoms with Gasteiger partial charge in [0.25, 0.3) is 0 Å². The molecule has 0 spiro atoms. The van der Waals surface area contributed by atoms with Crippen molar-refractivity contribution in [3.63, 3.8) is 0 Å². The van der Waals surface area contributed by atoms with Crippen LogP contribution in [0.25, 0.3) is 0 Å². The fourth-order valence-electron chi connectivity index (χ4n) is 3.46. The number of likely N-dealkylation sites (N-methyl/N-ethyl adjacent to an activating group) is 1. The number of benzene rings is 1. The summed E-state index contributed by atoms with van der Waals surface area (Å²) in [4.78, 5) is 28.1. The van der Waals surface area contributed by atoms with Crippen molar-refractivity contribution in [2.24, 2.45) is 0 Å². The van der Waals surface area contributed by atoms with Crippen LogP contribution in [0.1, 0.15) is 24.2 Å². The van der Waals surface area contributed by atoms with Gasteiger partial charge in [0, 0.05) is 43.8 Å². The zero-order chi connectivity index (χ0) is 22.1. The Labute approximate surface area is 177 Å². The van der Waals surface area contributed by atoms with Gasteiger partial charge in [0.2, 0.25) is 11.8 Å². The van der Waals surface area contributed by atoms with Gasteiger partial charge in [0.1, 0.15) is 0 Å². The highest BCUT2D eigenvalue weighted by Gasteiger charge is 2.33. The van der Waals surface area contributed by atoms with Gasteiger partial charge in [-0.1, -0.05) is 11.6 Å². The van der Waals surface area contributed by atoms with Crippen LogP contribution in [0.2, 0.25) is 5.02 Å². The molecule has 1 unspecified atom stereocenters. The molecule has 0 fully saturated rings. The minimum absolute atomic E-state index is 0.0389. The summed E-state index contributed by atoms with van der Waals surface area (Å²) in [6, 6.07) is 7.17. The largest absolute Gasteiger partial charge is 0.417 e. The summed E-state index contributed by atoms with van der Waals surface area (Å²) in [6.07, 6.45) is -2.63. The molecule has 30 heavy (non-hydrogen) atoms. The number of halogens is 4. The molecule has 0 radical (unpaired) electrons. The highest BCUT2D eigenvalue weighted by atomic mass is 35.5. The number of amides is 2. The molecule has 162 valence electrons. The van der Waals surface area contributed by atoms with Crippen molar-refractivity contribution >= 4 is 29.1 Å². The van der Waals surface area contributed by atoms with Crippen LogP contribution < -0.4 is 5.32 Å². The monoisotopic (exact) mass is 442 g/mol. The summed E-state index contributed by atoms with van der Waals surface area (Å²) >= 11 is 5.58. The first-order valence-corrected chi connectivity index (χ1v) is 9.73. The summed E-state index contributed by atoms with van der Waals surface area (Å²) in [5.74, 6) is -0.842. The molecule has 6 nitrogen and oxygen atoms in total. The van der Waals surface area contributed by atoms with Crippen molar-refractivity contribution in [2.75, 3.05) is 32.0 Å². The third kappa shape index (κ3) is 4.96. The maximum Gasteiger partial charge on any atom is 0.417 e. The molecule has 0 aliphatic carbocycles. The predicted molar refractivity (Wildman–Crippen MR) is 107 cm³/mol. The molecule has 10 heteroatoms. The smallest absolute Gasteiger partial charge is 0.349 e. The summed E-state index contributed by atoms with van der Waals surface area (Å²) in [7, 11) is 1.49. The second-order valence-corrected chi connectivity index (χ2v) is 7.67. The van der Waals surface area contributed by atoms with E-state index in [0.29, 0.717) is 6.54 Å². The van der Waals surface area contributed by atoms with Gasteiger partial charge in [-0.25, -0.2) is 0 Å². The predicted octanol–water partition coefficient (Wildman–Crippen LogP) is 3.63. The Morgan fingerprint density at radius 2 is 2.00 bits per heavy atom. The average molecular weight is 443 g/mol. The van der Waals surface area contributed by atoms with Crippen LogP contribution in [0, 0.1) is 0 Å². The van der Waals surface area contributed by atoms with Gasteiger partial charge in [0.15, 0.2) is 0 Å². The zero-order valence-electron chi connectivity index (χ0n) is 16.5. The second-order valence-electron chi connectivity index (χ2n) is 7.26. The quantitative estimate of drug-likeness (QED) is 0.769. The van der Waals surface area contributed by atoms with Gasteiger partial charge in [-0.3, -0.25) is 14.5 Å². The Bertz CT molecular complexity index is 944. The molecule has 0 bridgehead atoms. The van der Waals surface area contributed by atoms with E-state index < -0.39 is 22.7 Å². The minimum atomic E-state index is -4.63. The maximum absolute atomic E-state index is 13.0. The van der Waals surface area contributed by atoms with Crippen LogP contribution in [-0.2, 0) is 22.3 Å². The van der Waals surface area contributed by atoms with E-state index in [4.69, 9.17) is 11.6 Å². The van der Waals surface area contributed by atoms with Gasteiger partial charge < -0.3 is 14.8 Å². The van der Waals surface area contributed by atoms with E-state index >= 15 is 0 Å². The molecular weight excluding hydrogens is 421 g/mol. The van der Waals surface area contributed by atoms with E-state index in [9.17, 15) is 22.8 Å². The fourth-order valence-corrected chi connectivity index (χ4v) is 3.69. The fraction of sp³-hybridized carbons (Fsp3) is 0.400. The lowest BCUT2D eigenvalue weighted by atomic mass is 10.1. The number of nitrogens with zero attached hydrogens (tertiary/aromatic N) is 3. The number of carbonyl (C=O) groups is 2. The standard InChI is InChI=1S/C20H22ClF3N4O2/c1-13-17-4-3-7-27(17)8-9-28(13)12-19(30)26(2)11-18(29)25-14-5-6-16(21)15(10-14)20(22,23)24/h3-7,10,13H,8-9,11-12H2,1-2H3,(H,25,29). The van der Waals surface area contributed by atoms with E-state index in [0.717, 1.165) is 24.4 Å². The number of nitrogens with one attached hydrogen (secondary N) is 1. The van der Waals surface area contributed by atoms with Crippen LogP contribution >= 0.6 is 11.6 Å². The molecule has 2 amide bonds. The highest BCUT2D eigenvalue weighted by Crippen LogP contribution is 2.36. The van der Waals surface area contributed by atoms with E-state index in [2.05, 4.69) is 9.88 Å². The van der Waals surface area contributed by atoms with Crippen LogP contribution in [0.5, 0.6) is 0 Å².